The van der Waals surface area contributed by atoms with Crippen LogP contribution in [-0.2, 0) is 6.54 Å². The molecule has 0 radical (unpaired) electrons. The molecule has 4 heterocycles. The predicted octanol–water partition coefficient (Wildman–Crippen LogP) is 4.95. The molecule has 0 saturated heterocycles. The van der Waals surface area contributed by atoms with Crippen molar-refractivity contribution in [1.29, 1.82) is 0 Å². The van der Waals surface area contributed by atoms with E-state index in [0.29, 0.717) is 45.3 Å². The molecule has 1 aliphatic carbocycles. The maximum absolute atomic E-state index is 12.6. The average Bonchev–Trinajstić information content (AvgIpc) is 3.19. The fraction of sp³-hybridized carbons (Fsp3) is 0.286. The summed E-state index contributed by atoms with van der Waals surface area (Å²) in [6.45, 7) is 0.943. The quantitative estimate of drug-likeness (QED) is 0.256. The third kappa shape index (κ3) is 4.89. The molecule has 2 aliphatic rings. The number of pyridine rings is 2. The number of carbonyl (C=O) groups excluding carboxylic acids is 2. The lowest BCUT2D eigenvalue weighted by Crippen LogP contribution is -2.29. The van der Waals surface area contributed by atoms with Crippen molar-refractivity contribution < 1.29 is 9.59 Å². The van der Waals surface area contributed by atoms with E-state index in [4.69, 9.17) is 11.6 Å². The van der Waals surface area contributed by atoms with Crippen LogP contribution in [0.1, 0.15) is 52.0 Å². The topological polar surface area (TPSA) is 113 Å². The summed E-state index contributed by atoms with van der Waals surface area (Å²) in [6.07, 6.45) is 9.28. The number of hydrogen-bond acceptors (Lipinski definition) is 8. The van der Waals surface area contributed by atoms with Gasteiger partial charge in [0.1, 0.15) is 11.3 Å². The van der Waals surface area contributed by atoms with Crippen molar-refractivity contribution in [2.24, 2.45) is 5.92 Å². The molecule has 9 nitrogen and oxygen atoms in total. The molecule has 3 aromatic heterocycles. The van der Waals surface area contributed by atoms with Crippen LogP contribution in [0.25, 0.3) is 10.9 Å². The second-order valence-corrected chi connectivity index (χ2v) is 10.1. The van der Waals surface area contributed by atoms with E-state index in [1.54, 1.807) is 42.9 Å². The fourth-order valence-corrected chi connectivity index (χ4v) is 5.35. The number of nitrogens with zero attached hydrogens (tertiary/aromatic N) is 5. The van der Waals surface area contributed by atoms with Gasteiger partial charge in [-0.25, -0.2) is 19.9 Å². The van der Waals surface area contributed by atoms with E-state index < -0.39 is 0 Å². The smallest absolute Gasteiger partial charge is 0.261 e. The molecular formula is C28H26ClN7O2. The van der Waals surface area contributed by atoms with Gasteiger partial charge in [-0.2, -0.15) is 0 Å². The van der Waals surface area contributed by atoms with E-state index in [0.717, 1.165) is 43.4 Å². The van der Waals surface area contributed by atoms with Gasteiger partial charge in [0.15, 0.2) is 5.15 Å². The van der Waals surface area contributed by atoms with Gasteiger partial charge in [-0.15, -0.1) is 0 Å². The molecule has 1 saturated carbocycles. The molecule has 1 aromatic carbocycles. The van der Waals surface area contributed by atoms with Crippen LogP contribution in [0, 0.1) is 5.92 Å². The van der Waals surface area contributed by atoms with Crippen molar-refractivity contribution in [3.63, 3.8) is 0 Å². The first-order valence-corrected chi connectivity index (χ1v) is 13.1. The molecular weight excluding hydrogens is 502 g/mol. The molecule has 1 fully saturated rings. The number of aromatic nitrogens is 4. The van der Waals surface area contributed by atoms with Gasteiger partial charge in [0.05, 0.1) is 17.7 Å². The van der Waals surface area contributed by atoms with Crippen LogP contribution in [0.3, 0.4) is 0 Å². The summed E-state index contributed by atoms with van der Waals surface area (Å²) >= 11 is 6.20. The van der Waals surface area contributed by atoms with Gasteiger partial charge in [-0.1, -0.05) is 23.7 Å². The average molecular weight is 528 g/mol. The summed E-state index contributed by atoms with van der Waals surface area (Å²) < 4.78 is 0. The summed E-state index contributed by atoms with van der Waals surface area (Å²) in [6, 6.07) is 13.1. The molecule has 2 amide bonds. The van der Waals surface area contributed by atoms with E-state index in [1.807, 2.05) is 18.2 Å². The second-order valence-electron chi connectivity index (χ2n) is 9.77. The zero-order chi connectivity index (χ0) is 26.1. The first-order valence-electron chi connectivity index (χ1n) is 12.7. The Hall–Kier alpha value is -4.11. The number of benzene rings is 1. The SMILES string of the molecule is O=C1c2ccccc2C(=O)N1Cc1cnc(NCC2CCC(Nc3ccc4ccnc(Cl)c4n3)CC2)nc1. The summed E-state index contributed by atoms with van der Waals surface area (Å²) in [5.41, 5.74) is 2.30. The van der Waals surface area contributed by atoms with Crippen LogP contribution in [0.4, 0.5) is 11.8 Å². The van der Waals surface area contributed by atoms with E-state index in [-0.39, 0.29) is 18.4 Å². The lowest BCUT2D eigenvalue weighted by Gasteiger charge is -2.29. The van der Waals surface area contributed by atoms with E-state index in [2.05, 4.69) is 30.6 Å². The van der Waals surface area contributed by atoms with Crippen LogP contribution >= 0.6 is 11.6 Å². The Bertz CT molecular complexity index is 1470. The number of amides is 2. The number of nitrogens with one attached hydrogen (secondary N) is 2. The van der Waals surface area contributed by atoms with Crippen molar-refractivity contribution >= 4 is 46.1 Å². The van der Waals surface area contributed by atoms with Crippen molar-refractivity contribution in [1.82, 2.24) is 24.8 Å². The van der Waals surface area contributed by atoms with E-state index >= 15 is 0 Å². The lowest BCUT2D eigenvalue weighted by atomic mass is 9.86. The lowest BCUT2D eigenvalue weighted by molar-refractivity contribution is 0.0642. The Balaban J connectivity index is 0.976. The summed E-state index contributed by atoms with van der Waals surface area (Å²) in [5.74, 6) is 1.33. The highest BCUT2D eigenvalue weighted by Gasteiger charge is 2.35. The first kappa shape index (κ1) is 24.2. The summed E-state index contributed by atoms with van der Waals surface area (Å²) in [7, 11) is 0. The van der Waals surface area contributed by atoms with Gasteiger partial charge < -0.3 is 10.6 Å². The minimum absolute atomic E-state index is 0.151. The molecule has 38 heavy (non-hydrogen) atoms. The van der Waals surface area contributed by atoms with Crippen molar-refractivity contribution in [2.45, 2.75) is 38.3 Å². The Kier molecular flexibility index (Phi) is 6.59. The third-order valence-corrected chi connectivity index (χ3v) is 7.51. The highest BCUT2D eigenvalue weighted by atomic mass is 35.5. The Morgan fingerprint density at radius 1 is 0.895 bits per heavy atom. The van der Waals surface area contributed by atoms with Crippen LogP contribution < -0.4 is 10.6 Å². The van der Waals surface area contributed by atoms with Crippen LogP contribution in [0.15, 0.2) is 61.1 Å². The number of imide groups is 1. The van der Waals surface area contributed by atoms with Crippen LogP contribution in [0.5, 0.6) is 0 Å². The fourth-order valence-electron chi connectivity index (χ4n) is 5.14. The highest BCUT2D eigenvalue weighted by Crippen LogP contribution is 2.28. The molecule has 0 bridgehead atoms. The highest BCUT2D eigenvalue weighted by molar-refractivity contribution is 6.33. The molecule has 10 heteroatoms. The molecule has 1 aliphatic heterocycles. The monoisotopic (exact) mass is 527 g/mol. The second kappa shape index (κ2) is 10.3. The largest absolute Gasteiger partial charge is 0.367 e. The predicted molar refractivity (Wildman–Crippen MR) is 145 cm³/mol. The zero-order valence-electron chi connectivity index (χ0n) is 20.6. The number of fused-ring (bicyclic) bond motifs is 2. The van der Waals surface area contributed by atoms with Crippen LogP contribution in [0.2, 0.25) is 5.15 Å². The number of anilines is 2. The number of halogens is 1. The Morgan fingerprint density at radius 2 is 1.61 bits per heavy atom. The van der Waals surface area contributed by atoms with Gasteiger partial charge in [-0.05, 0) is 61.9 Å². The Labute approximate surface area is 224 Å². The molecule has 0 atom stereocenters. The van der Waals surface area contributed by atoms with Crippen LogP contribution in [-0.4, -0.2) is 49.2 Å². The maximum Gasteiger partial charge on any atom is 0.261 e. The molecule has 192 valence electrons. The van der Waals surface area contributed by atoms with E-state index in [1.165, 1.54) is 4.90 Å². The molecule has 2 N–H and O–H groups in total. The molecule has 0 unspecified atom stereocenters. The molecule has 6 rings (SSSR count). The van der Waals surface area contributed by atoms with Gasteiger partial charge in [0, 0.05) is 42.1 Å². The maximum atomic E-state index is 12.6. The van der Waals surface area contributed by atoms with Crippen molar-refractivity contribution in [2.75, 3.05) is 17.2 Å². The minimum Gasteiger partial charge on any atom is -0.367 e. The van der Waals surface area contributed by atoms with E-state index in [9.17, 15) is 9.59 Å². The van der Waals surface area contributed by atoms with Gasteiger partial charge in [0.25, 0.3) is 11.8 Å². The zero-order valence-corrected chi connectivity index (χ0v) is 21.4. The van der Waals surface area contributed by atoms with Crippen molar-refractivity contribution in [3.05, 3.63) is 82.9 Å². The van der Waals surface area contributed by atoms with Gasteiger partial charge >= 0.3 is 0 Å². The van der Waals surface area contributed by atoms with Gasteiger partial charge in [-0.3, -0.25) is 14.5 Å². The van der Waals surface area contributed by atoms with Gasteiger partial charge in [0.2, 0.25) is 5.95 Å². The minimum atomic E-state index is -0.282. The standard InChI is InChI=1S/C28H26ClN7O2/c29-25-24-19(11-12-30-25)7-10-23(35-24)34-20-8-5-17(6-9-20)13-31-28-32-14-18(15-33-28)16-36-26(37)21-3-1-2-4-22(21)27(36)38/h1-4,7,10-12,14-15,17,20H,5-6,8-9,13,16H2,(H,34,35)(H,31,32,33). The summed E-state index contributed by atoms with van der Waals surface area (Å²) in [5, 5.41) is 8.27. The number of rotatable bonds is 7. The third-order valence-electron chi connectivity index (χ3n) is 7.24. The summed E-state index contributed by atoms with van der Waals surface area (Å²) in [4.78, 5) is 44.0. The molecule has 4 aromatic rings. The number of hydrogen-bond donors (Lipinski definition) is 2. The Morgan fingerprint density at radius 3 is 2.32 bits per heavy atom. The molecule has 0 spiro atoms. The normalized spacial score (nSPS) is 19.0. The number of carbonyl (C=O) groups is 2. The first-order chi connectivity index (χ1) is 18.5. The van der Waals surface area contributed by atoms with Crippen molar-refractivity contribution in [3.8, 4) is 0 Å².